The number of fused-ring (bicyclic) bond motifs is 1. The van der Waals surface area contributed by atoms with Crippen molar-refractivity contribution in [2.24, 2.45) is 0 Å². The van der Waals surface area contributed by atoms with Crippen LogP contribution in [0.4, 0.5) is 0 Å². The summed E-state index contributed by atoms with van der Waals surface area (Å²) in [6.07, 6.45) is 3.22. The third-order valence-corrected chi connectivity index (χ3v) is 5.36. The SMILES string of the molecule is Cc1nc(C=CC(=O)N(Cc2ccccc2)Cc2nc3ccccc3c(=O)[nH]2)cs1. The topological polar surface area (TPSA) is 79.0 Å². The molecule has 2 aromatic heterocycles. The quantitative estimate of drug-likeness (QED) is 0.483. The summed E-state index contributed by atoms with van der Waals surface area (Å²) >= 11 is 1.54. The van der Waals surface area contributed by atoms with Crippen LogP contribution in [-0.4, -0.2) is 25.8 Å². The van der Waals surface area contributed by atoms with Gasteiger partial charge >= 0.3 is 0 Å². The second-order valence-electron chi connectivity index (χ2n) is 6.83. The third-order valence-electron chi connectivity index (χ3n) is 4.56. The molecule has 6 nitrogen and oxygen atoms in total. The standard InChI is InChI=1S/C23H20N4O2S/c1-16-24-18(15-30-16)11-12-22(28)27(13-17-7-3-2-4-8-17)14-21-25-20-10-6-5-9-19(20)23(29)26-21/h2-12,15H,13-14H2,1H3,(H,25,26,29). The van der Waals surface area contributed by atoms with Gasteiger partial charge in [-0.3, -0.25) is 9.59 Å². The van der Waals surface area contributed by atoms with E-state index in [0.29, 0.717) is 23.3 Å². The Bertz CT molecular complexity index is 1260. The molecule has 2 heterocycles. The maximum Gasteiger partial charge on any atom is 0.258 e. The molecule has 1 amide bonds. The molecule has 0 aliphatic carbocycles. The lowest BCUT2D eigenvalue weighted by atomic mass is 10.2. The molecule has 4 rings (SSSR count). The Hall–Kier alpha value is -3.58. The van der Waals surface area contributed by atoms with Gasteiger partial charge in [-0.15, -0.1) is 11.3 Å². The van der Waals surface area contributed by atoms with Crippen LogP contribution in [0.1, 0.15) is 22.1 Å². The number of nitrogens with one attached hydrogen (secondary N) is 1. The van der Waals surface area contributed by atoms with Crippen molar-refractivity contribution in [2.75, 3.05) is 0 Å². The van der Waals surface area contributed by atoms with E-state index in [1.54, 1.807) is 29.2 Å². The molecule has 0 saturated carbocycles. The molecule has 1 N–H and O–H groups in total. The Morgan fingerprint density at radius 2 is 1.83 bits per heavy atom. The van der Waals surface area contributed by atoms with Crippen LogP contribution in [0, 0.1) is 6.92 Å². The molecule has 0 aliphatic rings. The van der Waals surface area contributed by atoms with Gasteiger partial charge in [-0.25, -0.2) is 9.97 Å². The summed E-state index contributed by atoms with van der Waals surface area (Å²) in [5.74, 6) is 0.265. The minimum Gasteiger partial charge on any atom is -0.327 e. The van der Waals surface area contributed by atoms with Gasteiger partial charge < -0.3 is 9.88 Å². The Labute approximate surface area is 177 Å². The predicted octanol–water partition coefficient (Wildman–Crippen LogP) is 3.93. The summed E-state index contributed by atoms with van der Waals surface area (Å²) < 4.78 is 0. The smallest absolute Gasteiger partial charge is 0.258 e. The normalized spacial score (nSPS) is 11.2. The highest BCUT2D eigenvalue weighted by Gasteiger charge is 2.15. The first-order valence-electron chi connectivity index (χ1n) is 9.49. The van der Waals surface area contributed by atoms with E-state index in [2.05, 4.69) is 15.0 Å². The number of thiazole rings is 1. The van der Waals surface area contributed by atoms with Crippen LogP contribution in [0.2, 0.25) is 0 Å². The Balaban J connectivity index is 1.62. The van der Waals surface area contributed by atoms with E-state index in [0.717, 1.165) is 16.3 Å². The number of aryl methyl sites for hydroxylation is 1. The molecule has 7 heteroatoms. The van der Waals surface area contributed by atoms with E-state index in [1.807, 2.05) is 48.7 Å². The van der Waals surface area contributed by atoms with Crippen molar-refractivity contribution in [3.8, 4) is 0 Å². The van der Waals surface area contributed by atoms with Crippen molar-refractivity contribution in [1.82, 2.24) is 19.9 Å². The zero-order valence-electron chi connectivity index (χ0n) is 16.4. The molecule has 0 saturated heterocycles. The van der Waals surface area contributed by atoms with Gasteiger partial charge in [0.25, 0.3) is 5.56 Å². The Morgan fingerprint density at radius 1 is 1.07 bits per heavy atom. The summed E-state index contributed by atoms with van der Waals surface area (Å²) in [5, 5.41) is 3.38. The zero-order chi connectivity index (χ0) is 20.9. The molecule has 0 aliphatic heterocycles. The molecule has 0 radical (unpaired) electrons. The third kappa shape index (κ3) is 4.69. The molecule has 0 unspecified atom stereocenters. The first-order chi connectivity index (χ1) is 14.6. The summed E-state index contributed by atoms with van der Waals surface area (Å²) in [5.41, 5.74) is 2.14. The number of aromatic nitrogens is 3. The van der Waals surface area contributed by atoms with E-state index in [9.17, 15) is 9.59 Å². The van der Waals surface area contributed by atoms with E-state index < -0.39 is 0 Å². The predicted molar refractivity (Wildman–Crippen MR) is 119 cm³/mol. The van der Waals surface area contributed by atoms with Gasteiger partial charge in [0.15, 0.2) is 0 Å². The summed E-state index contributed by atoms with van der Waals surface area (Å²) in [6.45, 7) is 2.51. The summed E-state index contributed by atoms with van der Waals surface area (Å²) in [7, 11) is 0. The fourth-order valence-electron chi connectivity index (χ4n) is 3.12. The van der Waals surface area contributed by atoms with E-state index in [4.69, 9.17) is 0 Å². The number of nitrogens with zero attached hydrogens (tertiary/aromatic N) is 3. The molecular formula is C23H20N4O2S. The van der Waals surface area contributed by atoms with Gasteiger partial charge in [-0.2, -0.15) is 0 Å². The van der Waals surface area contributed by atoms with E-state index in [1.165, 1.54) is 17.4 Å². The van der Waals surface area contributed by atoms with Crippen LogP contribution >= 0.6 is 11.3 Å². The number of hydrogen-bond donors (Lipinski definition) is 1. The molecule has 150 valence electrons. The largest absolute Gasteiger partial charge is 0.327 e. The van der Waals surface area contributed by atoms with Crippen LogP contribution in [0.3, 0.4) is 0 Å². The number of aromatic amines is 1. The number of benzene rings is 2. The molecule has 0 spiro atoms. The maximum absolute atomic E-state index is 13.0. The molecule has 2 aromatic carbocycles. The highest BCUT2D eigenvalue weighted by atomic mass is 32.1. The fraction of sp³-hybridized carbons (Fsp3) is 0.130. The van der Waals surface area contributed by atoms with Crippen molar-refractivity contribution < 1.29 is 4.79 Å². The lowest BCUT2D eigenvalue weighted by Crippen LogP contribution is -2.30. The first kappa shape index (κ1) is 19.7. The number of carbonyl (C=O) groups excluding carboxylic acids is 1. The monoisotopic (exact) mass is 416 g/mol. The summed E-state index contributed by atoms with van der Waals surface area (Å²) in [4.78, 5) is 38.7. The highest BCUT2D eigenvalue weighted by molar-refractivity contribution is 7.09. The second-order valence-corrected chi connectivity index (χ2v) is 7.90. The second kappa shape index (κ2) is 8.84. The van der Waals surface area contributed by atoms with E-state index in [-0.39, 0.29) is 18.0 Å². The Kier molecular flexibility index (Phi) is 5.81. The minimum absolute atomic E-state index is 0.180. The van der Waals surface area contributed by atoms with Gasteiger partial charge in [0.1, 0.15) is 5.82 Å². The van der Waals surface area contributed by atoms with Crippen molar-refractivity contribution >= 4 is 34.2 Å². The average Bonchev–Trinajstić information content (AvgIpc) is 3.17. The van der Waals surface area contributed by atoms with Crippen molar-refractivity contribution in [2.45, 2.75) is 20.0 Å². The van der Waals surface area contributed by atoms with E-state index >= 15 is 0 Å². The van der Waals surface area contributed by atoms with Crippen LogP contribution in [0.5, 0.6) is 0 Å². The number of rotatable bonds is 6. The maximum atomic E-state index is 13.0. The zero-order valence-corrected chi connectivity index (χ0v) is 17.2. The molecular weight excluding hydrogens is 396 g/mol. The first-order valence-corrected chi connectivity index (χ1v) is 10.4. The average molecular weight is 417 g/mol. The van der Waals surface area contributed by atoms with Gasteiger partial charge in [0, 0.05) is 18.0 Å². The van der Waals surface area contributed by atoms with Crippen LogP contribution in [0.15, 0.2) is 70.8 Å². The van der Waals surface area contributed by atoms with Crippen molar-refractivity contribution in [3.05, 3.63) is 98.5 Å². The van der Waals surface area contributed by atoms with Crippen LogP contribution < -0.4 is 5.56 Å². The van der Waals surface area contributed by atoms with Gasteiger partial charge in [0.2, 0.25) is 5.91 Å². The fourth-order valence-corrected chi connectivity index (χ4v) is 3.71. The molecule has 30 heavy (non-hydrogen) atoms. The number of para-hydroxylation sites is 1. The molecule has 0 fully saturated rings. The van der Waals surface area contributed by atoms with Crippen LogP contribution in [0.25, 0.3) is 17.0 Å². The Morgan fingerprint density at radius 3 is 2.60 bits per heavy atom. The molecule has 4 aromatic rings. The van der Waals surface area contributed by atoms with Crippen molar-refractivity contribution in [3.63, 3.8) is 0 Å². The highest BCUT2D eigenvalue weighted by Crippen LogP contribution is 2.13. The number of H-pyrrole nitrogens is 1. The lowest BCUT2D eigenvalue weighted by Gasteiger charge is -2.21. The number of amides is 1. The van der Waals surface area contributed by atoms with Crippen LogP contribution in [-0.2, 0) is 17.9 Å². The minimum atomic E-state index is -0.212. The molecule has 0 bridgehead atoms. The van der Waals surface area contributed by atoms with Gasteiger partial charge in [0.05, 0.1) is 28.1 Å². The number of carbonyl (C=O) groups is 1. The van der Waals surface area contributed by atoms with Gasteiger partial charge in [-0.05, 0) is 30.7 Å². The van der Waals surface area contributed by atoms with Gasteiger partial charge in [-0.1, -0.05) is 42.5 Å². The van der Waals surface area contributed by atoms with Crippen molar-refractivity contribution in [1.29, 1.82) is 0 Å². The lowest BCUT2D eigenvalue weighted by molar-refractivity contribution is -0.127. The summed E-state index contributed by atoms with van der Waals surface area (Å²) in [6, 6.07) is 16.9. The number of hydrogen-bond acceptors (Lipinski definition) is 5. The molecule has 0 atom stereocenters.